The molecule has 3 heterocycles. The first-order chi connectivity index (χ1) is 12.8. The number of hydrogen-bond acceptors (Lipinski definition) is 6. The molecule has 0 aromatic carbocycles. The van der Waals surface area contributed by atoms with Gasteiger partial charge in [0.25, 0.3) is 5.89 Å². The average molecular weight is 352 g/mol. The topological polar surface area (TPSA) is 110 Å². The second-order valence-electron chi connectivity index (χ2n) is 6.50. The smallest absolute Gasteiger partial charge is 0.261 e. The lowest BCUT2D eigenvalue weighted by Gasteiger charge is -2.22. The molecule has 3 aromatic rings. The number of aromatic amines is 1. The molecule has 1 aliphatic rings. The van der Waals surface area contributed by atoms with Gasteiger partial charge in [-0.1, -0.05) is 24.4 Å². The van der Waals surface area contributed by atoms with Gasteiger partial charge in [0, 0.05) is 24.0 Å². The molecule has 0 aliphatic heterocycles. The SMILES string of the molecule is O=C(Cc1noc(-c2cn[nH]c2-c2cccnc2)n1)NC1CCCCC1. The Kier molecular flexibility index (Phi) is 4.72. The summed E-state index contributed by atoms with van der Waals surface area (Å²) in [6.45, 7) is 0. The predicted molar refractivity (Wildman–Crippen MR) is 93.8 cm³/mol. The van der Waals surface area contributed by atoms with Crippen LogP contribution in [-0.4, -0.2) is 37.3 Å². The highest BCUT2D eigenvalue weighted by Crippen LogP contribution is 2.28. The van der Waals surface area contributed by atoms with E-state index in [1.54, 1.807) is 18.6 Å². The molecular weight excluding hydrogens is 332 g/mol. The third-order valence-electron chi connectivity index (χ3n) is 4.58. The van der Waals surface area contributed by atoms with Crippen molar-refractivity contribution in [3.8, 4) is 22.7 Å². The monoisotopic (exact) mass is 352 g/mol. The fraction of sp³-hybridized carbons (Fsp3) is 0.389. The summed E-state index contributed by atoms with van der Waals surface area (Å²) >= 11 is 0. The van der Waals surface area contributed by atoms with Crippen molar-refractivity contribution in [2.45, 2.75) is 44.6 Å². The van der Waals surface area contributed by atoms with Gasteiger partial charge in [0.1, 0.15) is 0 Å². The van der Waals surface area contributed by atoms with Gasteiger partial charge in [-0.2, -0.15) is 10.1 Å². The minimum absolute atomic E-state index is 0.0658. The van der Waals surface area contributed by atoms with Crippen molar-refractivity contribution in [3.05, 3.63) is 36.5 Å². The molecule has 1 saturated carbocycles. The third-order valence-corrected chi connectivity index (χ3v) is 4.58. The molecule has 4 rings (SSSR count). The Morgan fingerprint density at radius 3 is 2.96 bits per heavy atom. The summed E-state index contributed by atoms with van der Waals surface area (Å²) in [4.78, 5) is 20.7. The Bertz CT molecular complexity index is 867. The van der Waals surface area contributed by atoms with E-state index in [1.165, 1.54) is 19.3 Å². The summed E-state index contributed by atoms with van der Waals surface area (Å²) in [7, 11) is 0. The van der Waals surface area contributed by atoms with Crippen LogP contribution < -0.4 is 5.32 Å². The summed E-state index contributed by atoms with van der Waals surface area (Å²) < 4.78 is 5.34. The number of nitrogens with one attached hydrogen (secondary N) is 2. The molecular formula is C18H20N6O2. The fourth-order valence-corrected chi connectivity index (χ4v) is 3.28. The number of pyridine rings is 1. The standard InChI is InChI=1S/C18H20N6O2/c25-16(21-13-6-2-1-3-7-13)9-15-22-18(26-24-15)14-11-20-23-17(14)12-5-4-8-19-10-12/h4-5,8,10-11,13H,1-3,6-7,9H2,(H,20,23)(H,21,25). The van der Waals surface area contributed by atoms with E-state index in [1.807, 2.05) is 12.1 Å². The van der Waals surface area contributed by atoms with Crippen molar-refractivity contribution in [2.24, 2.45) is 0 Å². The van der Waals surface area contributed by atoms with Crippen LogP contribution in [0, 0.1) is 0 Å². The average Bonchev–Trinajstić information content (AvgIpc) is 3.32. The van der Waals surface area contributed by atoms with Gasteiger partial charge >= 0.3 is 0 Å². The molecule has 134 valence electrons. The second kappa shape index (κ2) is 7.47. The van der Waals surface area contributed by atoms with Crippen LogP contribution in [0.5, 0.6) is 0 Å². The van der Waals surface area contributed by atoms with E-state index in [0.29, 0.717) is 17.3 Å². The maximum atomic E-state index is 12.2. The molecule has 0 spiro atoms. The zero-order chi connectivity index (χ0) is 17.8. The lowest BCUT2D eigenvalue weighted by Crippen LogP contribution is -2.37. The number of hydrogen-bond donors (Lipinski definition) is 2. The molecule has 0 bridgehead atoms. The quantitative estimate of drug-likeness (QED) is 0.730. The number of carbonyl (C=O) groups is 1. The maximum Gasteiger partial charge on any atom is 0.261 e. The molecule has 0 saturated heterocycles. The molecule has 26 heavy (non-hydrogen) atoms. The van der Waals surface area contributed by atoms with Gasteiger partial charge in [-0.3, -0.25) is 14.9 Å². The summed E-state index contributed by atoms with van der Waals surface area (Å²) in [6, 6.07) is 4.03. The first-order valence-electron chi connectivity index (χ1n) is 8.85. The fourth-order valence-electron chi connectivity index (χ4n) is 3.28. The molecule has 2 N–H and O–H groups in total. The van der Waals surface area contributed by atoms with Crippen molar-refractivity contribution >= 4 is 5.91 Å². The Balaban J connectivity index is 1.45. The Hall–Kier alpha value is -3.03. The van der Waals surface area contributed by atoms with E-state index in [4.69, 9.17) is 4.52 Å². The van der Waals surface area contributed by atoms with Crippen LogP contribution in [0.15, 0.2) is 35.2 Å². The molecule has 3 aromatic heterocycles. The number of nitrogens with zero attached hydrogens (tertiary/aromatic N) is 4. The van der Waals surface area contributed by atoms with Gasteiger partial charge in [-0.15, -0.1) is 0 Å². The van der Waals surface area contributed by atoms with E-state index in [9.17, 15) is 4.79 Å². The van der Waals surface area contributed by atoms with E-state index in [2.05, 4.69) is 30.6 Å². The predicted octanol–water partition coefficient (Wildman–Crippen LogP) is 2.51. The number of carbonyl (C=O) groups excluding carboxylic acids is 1. The van der Waals surface area contributed by atoms with Crippen molar-refractivity contribution in [1.82, 2.24) is 30.6 Å². The van der Waals surface area contributed by atoms with E-state index >= 15 is 0 Å². The molecule has 8 heteroatoms. The largest absolute Gasteiger partial charge is 0.353 e. The van der Waals surface area contributed by atoms with E-state index in [-0.39, 0.29) is 18.4 Å². The van der Waals surface area contributed by atoms with Crippen LogP contribution >= 0.6 is 0 Å². The first kappa shape index (κ1) is 16.4. The number of rotatable bonds is 5. The molecule has 1 aliphatic carbocycles. The molecule has 1 amide bonds. The van der Waals surface area contributed by atoms with Crippen LogP contribution in [-0.2, 0) is 11.2 Å². The third kappa shape index (κ3) is 3.63. The highest BCUT2D eigenvalue weighted by Gasteiger charge is 2.20. The lowest BCUT2D eigenvalue weighted by atomic mass is 9.95. The van der Waals surface area contributed by atoms with Crippen LogP contribution in [0.4, 0.5) is 0 Å². The maximum absolute atomic E-state index is 12.2. The van der Waals surface area contributed by atoms with Gasteiger partial charge in [0.15, 0.2) is 5.82 Å². The van der Waals surface area contributed by atoms with Gasteiger partial charge in [0.05, 0.1) is 23.9 Å². The van der Waals surface area contributed by atoms with Crippen LogP contribution in [0.1, 0.15) is 37.9 Å². The number of amides is 1. The molecule has 8 nitrogen and oxygen atoms in total. The zero-order valence-corrected chi connectivity index (χ0v) is 14.3. The lowest BCUT2D eigenvalue weighted by molar-refractivity contribution is -0.121. The minimum Gasteiger partial charge on any atom is -0.353 e. The van der Waals surface area contributed by atoms with Crippen LogP contribution in [0.3, 0.4) is 0 Å². The summed E-state index contributed by atoms with van der Waals surface area (Å²) in [5.41, 5.74) is 2.30. The summed E-state index contributed by atoms with van der Waals surface area (Å²) in [5.74, 6) is 0.633. The molecule has 0 radical (unpaired) electrons. The van der Waals surface area contributed by atoms with Crippen molar-refractivity contribution in [3.63, 3.8) is 0 Å². The van der Waals surface area contributed by atoms with Crippen molar-refractivity contribution in [2.75, 3.05) is 0 Å². The summed E-state index contributed by atoms with van der Waals surface area (Å²) in [6.07, 6.45) is 10.9. The molecule has 0 unspecified atom stereocenters. The van der Waals surface area contributed by atoms with Crippen molar-refractivity contribution < 1.29 is 9.32 Å². The Labute approximate surface area is 150 Å². The van der Waals surface area contributed by atoms with Crippen molar-refractivity contribution in [1.29, 1.82) is 0 Å². The molecule has 1 fully saturated rings. The normalized spacial score (nSPS) is 15.1. The highest BCUT2D eigenvalue weighted by molar-refractivity contribution is 5.78. The van der Waals surface area contributed by atoms with Gasteiger partial charge < -0.3 is 9.84 Å². The number of aromatic nitrogens is 5. The summed E-state index contributed by atoms with van der Waals surface area (Å²) in [5, 5.41) is 14.0. The zero-order valence-electron chi connectivity index (χ0n) is 14.3. The highest BCUT2D eigenvalue weighted by atomic mass is 16.5. The number of H-pyrrole nitrogens is 1. The second-order valence-corrected chi connectivity index (χ2v) is 6.50. The first-order valence-corrected chi connectivity index (χ1v) is 8.85. The molecule has 0 atom stereocenters. The Morgan fingerprint density at radius 2 is 2.15 bits per heavy atom. The minimum atomic E-state index is -0.0658. The van der Waals surface area contributed by atoms with Gasteiger partial charge in [-0.25, -0.2) is 0 Å². The van der Waals surface area contributed by atoms with E-state index in [0.717, 1.165) is 24.1 Å². The van der Waals surface area contributed by atoms with Crippen LogP contribution in [0.25, 0.3) is 22.7 Å². The van der Waals surface area contributed by atoms with E-state index < -0.39 is 0 Å². The Morgan fingerprint density at radius 1 is 1.27 bits per heavy atom. The van der Waals surface area contributed by atoms with Crippen LogP contribution in [0.2, 0.25) is 0 Å². The van der Waals surface area contributed by atoms with Gasteiger partial charge in [0.2, 0.25) is 5.91 Å². The van der Waals surface area contributed by atoms with Gasteiger partial charge in [-0.05, 0) is 25.0 Å².